The lowest BCUT2D eigenvalue weighted by Crippen LogP contribution is -2.37. The van der Waals surface area contributed by atoms with Crippen molar-refractivity contribution in [1.29, 1.82) is 0 Å². The van der Waals surface area contributed by atoms with Crippen molar-refractivity contribution in [3.8, 4) is 0 Å². The van der Waals surface area contributed by atoms with E-state index >= 15 is 0 Å². The van der Waals surface area contributed by atoms with Gasteiger partial charge in [0.15, 0.2) is 0 Å². The minimum Gasteiger partial charge on any atom is -0.336 e. The first-order valence-corrected chi connectivity index (χ1v) is 4.41. The summed E-state index contributed by atoms with van der Waals surface area (Å²) in [4.78, 5) is 0. The molecule has 0 atom stereocenters. The smallest absolute Gasteiger partial charge is 0.122 e. The fraction of sp³-hybridized carbons (Fsp3) is 0.143. The fourth-order valence-electron chi connectivity index (χ4n) is 0.897. The zero-order valence-corrected chi connectivity index (χ0v) is 8.58. The van der Waals surface area contributed by atoms with Gasteiger partial charge >= 0.3 is 0 Å². The molecule has 0 aromatic heterocycles. The number of nitrogens with two attached hydrogens (primary N) is 1. The average molecular weight is 200 g/mol. The molecule has 1 nitrogen and oxygen atoms in total. The molecule has 0 saturated heterocycles. The van der Waals surface area contributed by atoms with Crippen LogP contribution in [0.25, 0.3) is 0 Å². The van der Waals surface area contributed by atoms with Crippen molar-refractivity contribution in [3.05, 3.63) is 33.8 Å². The van der Waals surface area contributed by atoms with Crippen LogP contribution >= 0.6 is 23.2 Å². The van der Waals surface area contributed by atoms with E-state index in [2.05, 4.69) is 0 Å². The predicted molar refractivity (Wildman–Crippen MR) is 59.4 cm³/mol. The molecule has 0 aliphatic rings. The third-order valence-corrected chi connectivity index (χ3v) is 2.40. The van der Waals surface area contributed by atoms with E-state index in [1.807, 2.05) is 21.8 Å². The first kappa shape index (κ1) is 9.97. The summed E-state index contributed by atoms with van der Waals surface area (Å²) < 4.78 is 0. The Morgan fingerprint density at radius 2 is 1.75 bits per heavy atom. The van der Waals surface area contributed by atoms with E-state index in [1.54, 1.807) is 12.1 Å². The highest BCUT2D eigenvalue weighted by molar-refractivity contribution is 6.43. The van der Waals surface area contributed by atoms with E-state index in [0.29, 0.717) is 10.0 Å². The van der Waals surface area contributed by atoms with Crippen LogP contribution in [-0.4, -0.2) is 15.7 Å². The van der Waals surface area contributed by atoms with Crippen LogP contribution in [0.5, 0.6) is 0 Å². The highest BCUT2D eigenvalue weighted by Gasteiger charge is 2.14. The Balaban J connectivity index is 3.14. The van der Waals surface area contributed by atoms with Gasteiger partial charge in [0.2, 0.25) is 0 Å². The summed E-state index contributed by atoms with van der Waals surface area (Å²) in [5, 5.41) is 0.742. The highest BCUT2D eigenvalue weighted by Crippen LogP contribution is 2.24. The zero-order valence-electron chi connectivity index (χ0n) is 7.07. The summed E-state index contributed by atoms with van der Waals surface area (Å²) in [7, 11) is 3.85. The second kappa shape index (κ2) is 3.33. The molecule has 62 valence electrons. The van der Waals surface area contributed by atoms with Crippen molar-refractivity contribution in [3.63, 3.8) is 0 Å². The van der Waals surface area contributed by atoms with Crippen LogP contribution in [0.1, 0.15) is 5.56 Å². The molecule has 1 aromatic carbocycles. The summed E-state index contributed by atoms with van der Waals surface area (Å²) in [6.45, 7) is 0. The van der Waals surface area contributed by atoms with E-state index in [1.165, 1.54) is 0 Å². The molecule has 0 saturated carbocycles. The summed E-state index contributed by atoms with van der Waals surface area (Å²) in [6, 6.07) is 5.44. The van der Waals surface area contributed by atoms with E-state index in [-0.39, 0.29) is 5.34 Å². The second-order valence-electron chi connectivity index (χ2n) is 3.35. The molecule has 0 aliphatic carbocycles. The quantitative estimate of drug-likeness (QED) is 0.649. The average Bonchev–Trinajstić information content (AvgIpc) is 1.92. The van der Waals surface area contributed by atoms with Gasteiger partial charge < -0.3 is 5.73 Å². The summed E-state index contributed by atoms with van der Waals surface area (Å²) in [5.74, 6) is 0. The lowest BCUT2D eigenvalue weighted by molar-refractivity contribution is 0.913. The molecule has 0 bridgehead atoms. The lowest BCUT2D eigenvalue weighted by Gasteiger charge is -2.19. The molecule has 0 amide bonds. The van der Waals surface area contributed by atoms with Crippen molar-refractivity contribution < 1.29 is 0 Å². The minimum atomic E-state index is -0.367. The van der Waals surface area contributed by atoms with Crippen molar-refractivity contribution in [2.24, 2.45) is 5.73 Å². The molecule has 0 unspecified atom stereocenters. The molecular weight excluding hydrogens is 191 g/mol. The summed E-state index contributed by atoms with van der Waals surface area (Å²) >= 11 is 11.6. The predicted octanol–water partition coefficient (Wildman–Crippen LogP) is 0.329. The molecule has 12 heavy (non-hydrogen) atoms. The largest absolute Gasteiger partial charge is 0.336 e. The maximum atomic E-state index is 5.87. The molecular formula is C7H9B2Cl2N. The normalized spacial score (nSPS) is 11.6. The topological polar surface area (TPSA) is 26.0 Å². The Kier molecular flexibility index (Phi) is 2.77. The zero-order chi connectivity index (χ0) is 9.35. The monoisotopic (exact) mass is 199 g/mol. The first-order valence-electron chi connectivity index (χ1n) is 3.65. The van der Waals surface area contributed by atoms with E-state index < -0.39 is 0 Å². The summed E-state index contributed by atoms with van der Waals surface area (Å²) in [6.07, 6.45) is 0. The number of halogens is 2. The highest BCUT2D eigenvalue weighted by atomic mass is 35.5. The SMILES string of the molecule is BC(B)(N)c1ccc(Cl)c(Cl)c1. The van der Waals surface area contributed by atoms with Gasteiger partial charge in [-0.3, -0.25) is 0 Å². The molecule has 0 heterocycles. The third kappa shape index (κ3) is 2.19. The molecule has 0 spiro atoms. The van der Waals surface area contributed by atoms with Crippen LogP contribution in [0.3, 0.4) is 0 Å². The maximum Gasteiger partial charge on any atom is 0.122 e. The van der Waals surface area contributed by atoms with Gasteiger partial charge in [0.05, 0.1) is 10.0 Å². The maximum absolute atomic E-state index is 5.87. The van der Waals surface area contributed by atoms with Crippen molar-refractivity contribution in [2.45, 2.75) is 5.34 Å². The molecule has 1 rings (SSSR count). The Hall–Kier alpha value is -0.110. The molecule has 0 radical (unpaired) electrons. The molecule has 1 aromatic rings. The lowest BCUT2D eigenvalue weighted by atomic mass is 9.59. The molecule has 5 heteroatoms. The second-order valence-corrected chi connectivity index (χ2v) is 4.16. The van der Waals surface area contributed by atoms with Gasteiger partial charge in [-0.25, -0.2) is 0 Å². The molecule has 0 fully saturated rings. The van der Waals surface area contributed by atoms with Crippen LogP contribution < -0.4 is 5.73 Å². The van der Waals surface area contributed by atoms with E-state index in [9.17, 15) is 0 Å². The number of hydrogen-bond donors (Lipinski definition) is 1. The minimum absolute atomic E-state index is 0.367. The van der Waals surface area contributed by atoms with E-state index in [0.717, 1.165) is 5.56 Å². The van der Waals surface area contributed by atoms with Crippen LogP contribution in [-0.2, 0) is 5.34 Å². The molecule has 0 aliphatic heterocycles. The van der Waals surface area contributed by atoms with Gasteiger partial charge in [-0.15, -0.1) is 0 Å². The van der Waals surface area contributed by atoms with Gasteiger partial charge in [0.25, 0.3) is 0 Å². The van der Waals surface area contributed by atoms with Crippen LogP contribution in [0.15, 0.2) is 18.2 Å². The van der Waals surface area contributed by atoms with Gasteiger partial charge in [0, 0.05) is 0 Å². The van der Waals surface area contributed by atoms with Crippen LogP contribution in [0.4, 0.5) is 0 Å². The van der Waals surface area contributed by atoms with E-state index in [4.69, 9.17) is 28.9 Å². The number of hydrogen-bond acceptors (Lipinski definition) is 1. The standard InChI is InChI=1S/C7H9B2Cl2N/c8-7(9,12)4-1-2-5(10)6(11)3-4/h1-3H,8-9,12H2. The number of rotatable bonds is 1. The molecule has 2 N–H and O–H groups in total. The Bertz CT molecular complexity index is 296. The van der Waals surface area contributed by atoms with Crippen molar-refractivity contribution >= 4 is 38.9 Å². The Morgan fingerprint density at radius 3 is 2.17 bits per heavy atom. The summed E-state index contributed by atoms with van der Waals surface area (Å²) in [5.41, 5.74) is 6.86. The van der Waals surface area contributed by atoms with Crippen LogP contribution in [0, 0.1) is 0 Å². The van der Waals surface area contributed by atoms with Gasteiger partial charge in [-0.2, -0.15) is 0 Å². The van der Waals surface area contributed by atoms with Crippen molar-refractivity contribution in [1.82, 2.24) is 0 Å². The Labute approximate surface area is 84.0 Å². The fourth-order valence-corrected chi connectivity index (χ4v) is 1.20. The Morgan fingerprint density at radius 1 is 1.17 bits per heavy atom. The van der Waals surface area contributed by atoms with Crippen molar-refractivity contribution in [2.75, 3.05) is 0 Å². The third-order valence-electron chi connectivity index (χ3n) is 1.66. The van der Waals surface area contributed by atoms with Gasteiger partial charge in [-0.05, 0) is 23.0 Å². The number of benzene rings is 1. The van der Waals surface area contributed by atoms with Gasteiger partial charge in [0.1, 0.15) is 15.7 Å². The van der Waals surface area contributed by atoms with Gasteiger partial charge in [-0.1, -0.05) is 29.3 Å². The van der Waals surface area contributed by atoms with Crippen LogP contribution in [0.2, 0.25) is 10.0 Å². The first-order chi connectivity index (χ1) is 5.41.